The van der Waals surface area contributed by atoms with Gasteiger partial charge >= 0.3 is 6.09 Å². The van der Waals surface area contributed by atoms with Crippen LogP contribution in [0.4, 0.5) is 10.5 Å². The molecule has 0 saturated carbocycles. The van der Waals surface area contributed by atoms with Crippen LogP contribution in [-0.2, 0) is 10.8 Å². The molecule has 154 valence electrons. The zero-order valence-electron chi connectivity index (χ0n) is 18.4. The summed E-state index contributed by atoms with van der Waals surface area (Å²) in [6.45, 7) is 14.9. The highest BCUT2D eigenvalue weighted by atomic mass is 16.4. The number of carbonyl (C=O) groups is 1. The van der Waals surface area contributed by atoms with Crippen LogP contribution in [0.1, 0.15) is 98.1 Å². The van der Waals surface area contributed by atoms with Gasteiger partial charge in [0.1, 0.15) is 5.75 Å². The van der Waals surface area contributed by atoms with Crippen LogP contribution < -0.4 is 4.90 Å². The van der Waals surface area contributed by atoms with Crippen molar-refractivity contribution in [1.29, 1.82) is 0 Å². The Bertz CT molecular complexity index is 588. The van der Waals surface area contributed by atoms with Crippen LogP contribution in [-0.4, -0.2) is 22.9 Å². The van der Waals surface area contributed by atoms with Gasteiger partial charge < -0.3 is 10.2 Å². The molecular weight excluding hydrogens is 338 g/mol. The molecule has 0 fully saturated rings. The first kappa shape index (κ1) is 23.3. The fourth-order valence-electron chi connectivity index (χ4n) is 3.30. The minimum absolute atomic E-state index is 0.273. The average molecular weight is 378 g/mol. The van der Waals surface area contributed by atoms with Gasteiger partial charge in [-0.25, -0.2) is 4.79 Å². The van der Waals surface area contributed by atoms with E-state index >= 15 is 0 Å². The van der Waals surface area contributed by atoms with Crippen molar-refractivity contribution in [3.63, 3.8) is 0 Å². The third-order valence-corrected chi connectivity index (χ3v) is 4.99. The van der Waals surface area contributed by atoms with Crippen LogP contribution in [0.25, 0.3) is 0 Å². The molecule has 27 heavy (non-hydrogen) atoms. The summed E-state index contributed by atoms with van der Waals surface area (Å²) in [5.74, 6) is 0.281. The van der Waals surface area contributed by atoms with Gasteiger partial charge in [-0.3, -0.25) is 4.90 Å². The number of rotatable bonds is 8. The van der Waals surface area contributed by atoms with E-state index in [1.807, 2.05) is 53.7 Å². The number of phenolic OH excluding ortho intramolecular Hbond substituents is 1. The minimum atomic E-state index is -0.936. The second-order valence-corrected chi connectivity index (χ2v) is 9.59. The summed E-state index contributed by atoms with van der Waals surface area (Å²) in [6.07, 6.45) is 5.77. The van der Waals surface area contributed by atoms with E-state index in [2.05, 4.69) is 6.92 Å². The topological polar surface area (TPSA) is 60.8 Å². The second-order valence-electron chi connectivity index (χ2n) is 9.59. The molecule has 1 rings (SSSR count). The molecule has 0 aliphatic carbocycles. The predicted molar refractivity (Wildman–Crippen MR) is 114 cm³/mol. The Labute approximate surface area is 165 Å². The van der Waals surface area contributed by atoms with Crippen molar-refractivity contribution < 1.29 is 15.0 Å². The van der Waals surface area contributed by atoms with Crippen LogP contribution in [0, 0.1) is 0 Å². The summed E-state index contributed by atoms with van der Waals surface area (Å²) in [6, 6.07) is 3.69. The van der Waals surface area contributed by atoms with Crippen molar-refractivity contribution in [2.24, 2.45) is 0 Å². The molecule has 0 spiro atoms. The normalized spacial score (nSPS) is 12.3. The van der Waals surface area contributed by atoms with E-state index in [4.69, 9.17) is 0 Å². The van der Waals surface area contributed by atoms with Crippen LogP contribution in [0.15, 0.2) is 12.1 Å². The standard InChI is InChI=1S/C23H39NO3/c1-8-9-10-11-12-13-14-24(21(26)27)17-15-18(22(2,3)4)20(25)19(16-17)23(5,6)7/h15-16,25H,8-14H2,1-7H3,(H,26,27). The highest BCUT2D eigenvalue weighted by Gasteiger charge is 2.28. The lowest BCUT2D eigenvalue weighted by atomic mass is 9.79. The average Bonchev–Trinajstić information content (AvgIpc) is 2.52. The number of nitrogens with zero attached hydrogens (tertiary/aromatic N) is 1. The first-order valence-corrected chi connectivity index (χ1v) is 10.3. The third kappa shape index (κ3) is 6.75. The fourth-order valence-corrected chi connectivity index (χ4v) is 3.30. The molecule has 0 heterocycles. The lowest BCUT2D eigenvalue weighted by molar-refractivity contribution is 0.201. The summed E-state index contributed by atoms with van der Waals surface area (Å²) < 4.78 is 0. The number of carboxylic acid groups (broad SMARTS) is 1. The van der Waals surface area contributed by atoms with Gasteiger partial charge in [0.25, 0.3) is 0 Å². The fraction of sp³-hybridized carbons (Fsp3) is 0.696. The van der Waals surface area contributed by atoms with E-state index in [1.165, 1.54) is 24.2 Å². The lowest BCUT2D eigenvalue weighted by Crippen LogP contribution is -2.31. The number of phenols is 1. The molecule has 0 radical (unpaired) electrons. The molecule has 1 aromatic carbocycles. The van der Waals surface area contributed by atoms with Crippen molar-refractivity contribution in [1.82, 2.24) is 0 Å². The highest BCUT2D eigenvalue weighted by Crippen LogP contribution is 2.41. The zero-order valence-corrected chi connectivity index (χ0v) is 18.4. The molecule has 0 saturated heterocycles. The number of hydrogen-bond acceptors (Lipinski definition) is 2. The number of unbranched alkanes of at least 4 members (excludes halogenated alkanes) is 5. The van der Waals surface area contributed by atoms with Gasteiger partial charge in [0, 0.05) is 23.4 Å². The first-order valence-electron chi connectivity index (χ1n) is 10.3. The van der Waals surface area contributed by atoms with E-state index in [0.29, 0.717) is 12.2 Å². The number of hydrogen-bond donors (Lipinski definition) is 2. The van der Waals surface area contributed by atoms with Crippen molar-refractivity contribution in [2.45, 2.75) is 97.8 Å². The zero-order chi connectivity index (χ0) is 20.8. The Morgan fingerprint density at radius 2 is 1.33 bits per heavy atom. The molecular formula is C23H39NO3. The Hall–Kier alpha value is -1.71. The van der Waals surface area contributed by atoms with Crippen LogP contribution in [0.2, 0.25) is 0 Å². The maximum absolute atomic E-state index is 11.9. The molecule has 0 aromatic heterocycles. The Balaban J connectivity index is 3.17. The Morgan fingerprint density at radius 3 is 1.74 bits per heavy atom. The molecule has 4 heteroatoms. The summed E-state index contributed by atoms with van der Waals surface area (Å²) >= 11 is 0. The SMILES string of the molecule is CCCCCCCCN(C(=O)O)c1cc(C(C)(C)C)c(O)c(C(C)(C)C)c1. The van der Waals surface area contributed by atoms with Gasteiger partial charge in [-0.2, -0.15) is 0 Å². The van der Waals surface area contributed by atoms with Gasteiger partial charge in [-0.05, 0) is 29.4 Å². The summed E-state index contributed by atoms with van der Waals surface area (Å²) in [4.78, 5) is 13.4. The van der Waals surface area contributed by atoms with Gasteiger partial charge in [0.15, 0.2) is 0 Å². The van der Waals surface area contributed by atoms with Crippen LogP contribution in [0.5, 0.6) is 5.75 Å². The number of benzene rings is 1. The van der Waals surface area contributed by atoms with Crippen LogP contribution in [0.3, 0.4) is 0 Å². The molecule has 0 bridgehead atoms. The van der Waals surface area contributed by atoms with E-state index in [9.17, 15) is 15.0 Å². The molecule has 0 aliphatic heterocycles. The van der Waals surface area contributed by atoms with Gasteiger partial charge in [0.05, 0.1) is 0 Å². The minimum Gasteiger partial charge on any atom is -0.507 e. The van der Waals surface area contributed by atoms with Gasteiger partial charge in [0.2, 0.25) is 0 Å². The summed E-state index contributed by atoms with van der Waals surface area (Å²) in [7, 11) is 0. The van der Waals surface area contributed by atoms with Gasteiger partial charge in [-0.1, -0.05) is 80.6 Å². The van der Waals surface area contributed by atoms with Gasteiger partial charge in [-0.15, -0.1) is 0 Å². The first-order chi connectivity index (χ1) is 12.4. The van der Waals surface area contributed by atoms with Crippen molar-refractivity contribution >= 4 is 11.8 Å². The number of anilines is 1. The Kier molecular flexibility index (Phi) is 8.19. The summed E-state index contributed by atoms with van der Waals surface area (Å²) in [5, 5.41) is 20.6. The van der Waals surface area contributed by atoms with Crippen LogP contribution >= 0.6 is 0 Å². The lowest BCUT2D eigenvalue weighted by Gasteiger charge is -2.30. The molecule has 0 unspecified atom stereocenters. The van der Waals surface area contributed by atoms with Crippen molar-refractivity contribution in [3.05, 3.63) is 23.3 Å². The molecule has 1 amide bonds. The molecule has 2 N–H and O–H groups in total. The van der Waals surface area contributed by atoms with E-state index in [0.717, 1.165) is 30.4 Å². The Morgan fingerprint density at radius 1 is 0.889 bits per heavy atom. The molecule has 1 aromatic rings. The second kappa shape index (κ2) is 9.48. The highest BCUT2D eigenvalue weighted by molar-refractivity contribution is 5.86. The third-order valence-electron chi connectivity index (χ3n) is 4.99. The molecule has 0 aliphatic rings. The van der Waals surface area contributed by atoms with Crippen molar-refractivity contribution in [2.75, 3.05) is 11.4 Å². The molecule has 0 atom stereocenters. The van der Waals surface area contributed by atoms with E-state index in [-0.39, 0.29) is 16.6 Å². The smallest absolute Gasteiger partial charge is 0.411 e. The predicted octanol–water partition coefficient (Wildman–Crippen LogP) is 6.83. The van der Waals surface area contributed by atoms with Crippen molar-refractivity contribution in [3.8, 4) is 5.75 Å². The monoisotopic (exact) mass is 377 g/mol. The largest absolute Gasteiger partial charge is 0.507 e. The molecule has 4 nitrogen and oxygen atoms in total. The number of aromatic hydroxyl groups is 1. The van der Waals surface area contributed by atoms with E-state index < -0.39 is 6.09 Å². The maximum atomic E-state index is 11.9. The quantitative estimate of drug-likeness (QED) is 0.488. The van der Waals surface area contributed by atoms with E-state index in [1.54, 1.807) is 0 Å². The summed E-state index contributed by atoms with van der Waals surface area (Å²) in [5.41, 5.74) is 1.69. The maximum Gasteiger partial charge on any atom is 0.411 e. The number of amides is 1.